The van der Waals surface area contributed by atoms with E-state index in [0.29, 0.717) is 6.04 Å². The van der Waals surface area contributed by atoms with Gasteiger partial charge in [0, 0.05) is 36.4 Å². The van der Waals surface area contributed by atoms with Crippen LogP contribution in [0, 0.1) is 0 Å². The number of rotatable bonds is 4. The van der Waals surface area contributed by atoms with E-state index in [0.717, 1.165) is 36.1 Å². The molecule has 1 amide bonds. The van der Waals surface area contributed by atoms with Crippen LogP contribution in [0.5, 0.6) is 0 Å². The number of piperidine rings is 1. The minimum Gasteiger partial charge on any atom is -0.361 e. The van der Waals surface area contributed by atoms with Crippen molar-refractivity contribution in [1.29, 1.82) is 0 Å². The minimum absolute atomic E-state index is 0.126. The Labute approximate surface area is 125 Å². The quantitative estimate of drug-likeness (QED) is 0.907. The number of aromatic amines is 1. The largest absolute Gasteiger partial charge is 0.361 e. The second-order valence-corrected chi connectivity index (χ2v) is 5.77. The first-order valence-electron chi connectivity index (χ1n) is 7.87. The molecular weight excluding hydrogens is 262 g/mol. The average Bonchev–Trinajstić information content (AvgIpc) is 3.00. The Hall–Kier alpha value is -1.81. The minimum atomic E-state index is 0.126. The molecule has 0 radical (unpaired) electrons. The number of nitrogens with zero attached hydrogens (tertiary/aromatic N) is 1. The van der Waals surface area contributed by atoms with E-state index in [2.05, 4.69) is 10.3 Å². The summed E-state index contributed by atoms with van der Waals surface area (Å²) in [5, 5.41) is 4.66. The fraction of sp³-hybridized carbons (Fsp3) is 0.471. The first-order chi connectivity index (χ1) is 10.3. The maximum Gasteiger partial charge on any atom is 0.253 e. The average molecular weight is 285 g/mol. The lowest BCUT2D eigenvalue weighted by Gasteiger charge is -2.30. The predicted octanol–water partition coefficient (Wildman–Crippen LogP) is 2.77. The van der Waals surface area contributed by atoms with E-state index < -0.39 is 0 Å². The third kappa shape index (κ3) is 3.10. The van der Waals surface area contributed by atoms with Gasteiger partial charge in [-0.2, -0.15) is 0 Å². The highest BCUT2D eigenvalue weighted by Crippen LogP contribution is 2.16. The van der Waals surface area contributed by atoms with Gasteiger partial charge in [0.25, 0.3) is 5.91 Å². The standard InChI is InChI=1S/C17H23N3O/c1-2-20(12-15-5-3-4-9-18-15)17(21)14-7-6-13-8-10-19-16(13)11-14/h6-8,10-11,15,18-19H,2-5,9,12H2,1H3. The summed E-state index contributed by atoms with van der Waals surface area (Å²) >= 11 is 0. The summed E-state index contributed by atoms with van der Waals surface area (Å²) in [4.78, 5) is 17.8. The van der Waals surface area contributed by atoms with Gasteiger partial charge < -0.3 is 15.2 Å². The Bertz CT molecular complexity index is 613. The van der Waals surface area contributed by atoms with E-state index >= 15 is 0 Å². The molecule has 3 rings (SSSR count). The molecular formula is C17H23N3O. The van der Waals surface area contributed by atoms with Crippen LogP contribution in [0.4, 0.5) is 0 Å². The van der Waals surface area contributed by atoms with Gasteiger partial charge in [0.15, 0.2) is 0 Å². The number of hydrogen-bond donors (Lipinski definition) is 2. The van der Waals surface area contributed by atoms with Gasteiger partial charge in [0.05, 0.1) is 0 Å². The number of carbonyl (C=O) groups is 1. The lowest BCUT2D eigenvalue weighted by atomic mass is 10.0. The summed E-state index contributed by atoms with van der Waals surface area (Å²) in [5.41, 5.74) is 1.79. The molecule has 1 unspecified atom stereocenters. The van der Waals surface area contributed by atoms with Crippen molar-refractivity contribution in [2.24, 2.45) is 0 Å². The van der Waals surface area contributed by atoms with Crippen molar-refractivity contribution >= 4 is 16.8 Å². The summed E-state index contributed by atoms with van der Waals surface area (Å²) in [7, 11) is 0. The molecule has 0 saturated carbocycles. The molecule has 2 heterocycles. The molecule has 1 atom stereocenters. The highest BCUT2D eigenvalue weighted by Gasteiger charge is 2.20. The zero-order valence-electron chi connectivity index (χ0n) is 12.6. The molecule has 2 aromatic rings. The van der Waals surface area contributed by atoms with Crippen LogP contribution in [-0.4, -0.2) is 41.5 Å². The third-order valence-electron chi connectivity index (χ3n) is 4.32. The topological polar surface area (TPSA) is 48.1 Å². The first kappa shape index (κ1) is 14.1. The fourth-order valence-electron chi connectivity index (χ4n) is 3.06. The lowest BCUT2D eigenvalue weighted by molar-refractivity contribution is 0.0741. The van der Waals surface area contributed by atoms with Gasteiger partial charge >= 0.3 is 0 Å². The Morgan fingerprint density at radius 3 is 3.00 bits per heavy atom. The summed E-state index contributed by atoms with van der Waals surface area (Å²) in [6.07, 6.45) is 5.58. The van der Waals surface area contributed by atoms with Gasteiger partial charge in [-0.1, -0.05) is 12.5 Å². The molecule has 1 aromatic heterocycles. The highest BCUT2D eigenvalue weighted by molar-refractivity contribution is 5.97. The van der Waals surface area contributed by atoms with E-state index in [9.17, 15) is 4.79 Å². The fourth-order valence-corrected chi connectivity index (χ4v) is 3.06. The molecule has 1 saturated heterocycles. The van der Waals surface area contributed by atoms with Crippen molar-refractivity contribution in [3.63, 3.8) is 0 Å². The predicted molar refractivity (Wildman–Crippen MR) is 85.5 cm³/mol. The van der Waals surface area contributed by atoms with Crippen molar-refractivity contribution in [2.45, 2.75) is 32.2 Å². The summed E-state index contributed by atoms with van der Waals surface area (Å²) in [5.74, 6) is 0.126. The van der Waals surface area contributed by atoms with Crippen molar-refractivity contribution < 1.29 is 4.79 Å². The number of nitrogens with one attached hydrogen (secondary N) is 2. The maximum absolute atomic E-state index is 12.7. The second kappa shape index (κ2) is 6.31. The Morgan fingerprint density at radius 1 is 1.33 bits per heavy atom. The zero-order chi connectivity index (χ0) is 14.7. The normalized spacial score (nSPS) is 18.8. The molecule has 1 aliphatic rings. The van der Waals surface area contributed by atoms with Crippen molar-refractivity contribution in [3.05, 3.63) is 36.0 Å². The Kier molecular flexibility index (Phi) is 4.25. The lowest BCUT2D eigenvalue weighted by Crippen LogP contribution is -2.45. The van der Waals surface area contributed by atoms with Crippen LogP contribution in [0.2, 0.25) is 0 Å². The van der Waals surface area contributed by atoms with Crippen LogP contribution < -0.4 is 5.32 Å². The van der Waals surface area contributed by atoms with Crippen LogP contribution in [-0.2, 0) is 0 Å². The number of H-pyrrole nitrogens is 1. The van der Waals surface area contributed by atoms with Crippen molar-refractivity contribution in [1.82, 2.24) is 15.2 Å². The Balaban J connectivity index is 1.74. The summed E-state index contributed by atoms with van der Waals surface area (Å²) in [6, 6.07) is 8.35. The van der Waals surface area contributed by atoms with Crippen LogP contribution in [0.15, 0.2) is 30.5 Å². The third-order valence-corrected chi connectivity index (χ3v) is 4.32. The number of hydrogen-bond acceptors (Lipinski definition) is 2. The van der Waals surface area contributed by atoms with Gasteiger partial charge in [-0.15, -0.1) is 0 Å². The molecule has 0 aliphatic carbocycles. The number of fused-ring (bicyclic) bond motifs is 1. The molecule has 2 N–H and O–H groups in total. The highest BCUT2D eigenvalue weighted by atomic mass is 16.2. The monoisotopic (exact) mass is 285 g/mol. The van der Waals surface area contributed by atoms with Crippen molar-refractivity contribution in [2.75, 3.05) is 19.6 Å². The maximum atomic E-state index is 12.7. The number of amides is 1. The summed E-state index contributed by atoms with van der Waals surface area (Å²) in [6.45, 7) is 4.68. The molecule has 0 bridgehead atoms. The van der Waals surface area contributed by atoms with Crippen LogP contribution in [0.1, 0.15) is 36.5 Å². The second-order valence-electron chi connectivity index (χ2n) is 5.77. The number of likely N-dealkylation sites (N-methyl/N-ethyl adjacent to an activating group) is 1. The molecule has 4 nitrogen and oxygen atoms in total. The summed E-state index contributed by atoms with van der Waals surface area (Å²) < 4.78 is 0. The molecule has 1 aliphatic heterocycles. The number of benzene rings is 1. The SMILES string of the molecule is CCN(CC1CCCCN1)C(=O)c1ccc2cc[nH]c2c1. The molecule has 0 spiro atoms. The van der Waals surface area contributed by atoms with Gasteiger partial charge in [-0.3, -0.25) is 4.79 Å². The van der Waals surface area contributed by atoms with E-state index in [1.807, 2.05) is 42.3 Å². The molecule has 112 valence electrons. The molecule has 4 heteroatoms. The van der Waals surface area contributed by atoms with Gasteiger partial charge in [0.1, 0.15) is 0 Å². The van der Waals surface area contributed by atoms with E-state index in [1.165, 1.54) is 19.3 Å². The smallest absolute Gasteiger partial charge is 0.253 e. The molecule has 1 fully saturated rings. The van der Waals surface area contributed by atoms with E-state index in [4.69, 9.17) is 0 Å². The van der Waals surface area contributed by atoms with Crippen LogP contribution in [0.25, 0.3) is 10.9 Å². The molecule has 21 heavy (non-hydrogen) atoms. The van der Waals surface area contributed by atoms with Gasteiger partial charge in [0.2, 0.25) is 0 Å². The van der Waals surface area contributed by atoms with Crippen molar-refractivity contribution in [3.8, 4) is 0 Å². The van der Waals surface area contributed by atoms with Gasteiger partial charge in [-0.25, -0.2) is 0 Å². The molecule has 1 aromatic carbocycles. The Morgan fingerprint density at radius 2 is 2.24 bits per heavy atom. The van der Waals surface area contributed by atoms with Crippen LogP contribution in [0.3, 0.4) is 0 Å². The van der Waals surface area contributed by atoms with Crippen LogP contribution >= 0.6 is 0 Å². The number of carbonyl (C=O) groups excluding carboxylic acids is 1. The zero-order valence-corrected chi connectivity index (χ0v) is 12.6. The van der Waals surface area contributed by atoms with E-state index in [-0.39, 0.29) is 5.91 Å². The van der Waals surface area contributed by atoms with E-state index in [1.54, 1.807) is 0 Å². The van der Waals surface area contributed by atoms with Gasteiger partial charge in [-0.05, 0) is 49.9 Å². The number of aromatic nitrogens is 1. The first-order valence-corrected chi connectivity index (χ1v) is 7.87.